The van der Waals surface area contributed by atoms with Gasteiger partial charge in [0.1, 0.15) is 0 Å². The summed E-state index contributed by atoms with van der Waals surface area (Å²) in [7, 11) is -3.77. The smallest absolute Gasteiger partial charge is 0.322 e. The van der Waals surface area contributed by atoms with E-state index >= 15 is 0 Å². The molecule has 4 aromatic rings. The van der Waals surface area contributed by atoms with E-state index in [-0.39, 0.29) is 29.1 Å². The molecule has 0 spiro atoms. The lowest BCUT2D eigenvalue weighted by atomic mass is 10.1. The summed E-state index contributed by atoms with van der Waals surface area (Å²) in [5.41, 5.74) is 4.04. The fourth-order valence-corrected chi connectivity index (χ4v) is 5.45. The number of sulfonamides is 1. The summed E-state index contributed by atoms with van der Waals surface area (Å²) < 4.78 is 33.7. The minimum Gasteiger partial charge on any atom is -0.403 e. The molecule has 1 aromatic heterocycles. The highest BCUT2D eigenvalue weighted by atomic mass is 32.2. The zero-order chi connectivity index (χ0) is 25.9. The van der Waals surface area contributed by atoms with Crippen molar-refractivity contribution in [2.75, 3.05) is 5.32 Å². The molecule has 9 heteroatoms. The van der Waals surface area contributed by atoms with E-state index in [1.54, 1.807) is 0 Å². The van der Waals surface area contributed by atoms with Crippen LogP contribution in [0.2, 0.25) is 0 Å². The van der Waals surface area contributed by atoms with Gasteiger partial charge >= 0.3 is 6.01 Å². The Morgan fingerprint density at radius 3 is 2.31 bits per heavy atom. The van der Waals surface area contributed by atoms with Crippen molar-refractivity contribution in [3.05, 3.63) is 95.1 Å². The van der Waals surface area contributed by atoms with Gasteiger partial charge in [0.25, 0.3) is 5.91 Å². The topological polar surface area (TPSA) is 105 Å². The van der Waals surface area contributed by atoms with E-state index in [0.29, 0.717) is 5.89 Å². The largest absolute Gasteiger partial charge is 0.403 e. The number of rotatable bonds is 8. The monoisotopic (exact) mass is 504 g/mol. The molecule has 0 unspecified atom stereocenters. The van der Waals surface area contributed by atoms with Crippen molar-refractivity contribution >= 4 is 21.9 Å². The number of benzene rings is 3. The van der Waals surface area contributed by atoms with Gasteiger partial charge in [0, 0.05) is 23.7 Å². The van der Waals surface area contributed by atoms with E-state index < -0.39 is 15.9 Å². The van der Waals surface area contributed by atoms with Gasteiger partial charge in [-0.05, 0) is 69.2 Å². The fraction of sp³-hybridized carbons (Fsp3) is 0.222. The van der Waals surface area contributed by atoms with Crippen molar-refractivity contribution in [1.82, 2.24) is 14.5 Å². The van der Waals surface area contributed by atoms with Crippen LogP contribution in [0.15, 0.2) is 82.1 Å². The molecule has 0 fully saturated rings. The first-order chi connectivity index (χ1) is 17.1. The Bertz CT molecular complexity index is 1460. The van der Waals surface area contributed by atoms with Crippen LogP contribution in [0.25, 0.3) is 11.5 Å². The molecule has 0 aliphatic heterocycles. The van der Waals surface area contributed by atoms with E-state index in [4.69, 9.17) is 4.42 Å². The second-order valence-electron chi connectivity index (χ2n) is 8.84. The average Bonchev–Trinajstić information content (AvgIpc) is 3.31. The summed E-state index contributed by atoms with van der Waals surface area (Å²) in [6.45, 7) is 7.86. The molecule has 0 aliphatic carbocycles. The highest BCUT2D eigenvalue weighted by Gasteiger charge is 2.27. The first-order valence-electron chi connectivity index (χ1n) is 11.5. The van der Waals surface area contributed by atoms with Gasteiger partial charge in [-0.2, -0.15) is 4.31 Å². The summed E-state index contributed by atoms with van der Waals surface area (Å²) in [5, 5.41) is 10.5. The van der Waals surface area contributed by atoms with Crippen LogP contribution in [0, 0.1) is 13.8 Å². The van der Waals surface area contributed by atoms with Crippen molar-refractivity contribution in [3.63, 3.8) is 0 Å². The van der Waals surface area contributed by atoms with E-state index in [9.17, 15) is 13.2 Å². The van der Waals surface area contributed by atoms with Crippen LogP contribution in [0.3, 0.4) is 0 Å². The lowest BCUT2D eigenvalue weighted by molar-refractivity contribution is 0.102. The van der Waals surface area contributed by atoms with Crippen LogP contribution in [0.4, 0.5) is 6.01 Å². The van der Waals surface area contributed by atoms with Gasteiger partial charge in [-0.25, -0.2) is 8.42 Å². The van der Waals surface area contributed by atoms with Crippen molar-refractivity contribution in [3.8, 4) is 11.5 Å². The summed E-state index contributed by atoms with van der Waals surface area (Å²) in [6, 6.07) is 20.8. The molecule has 1 heterocycles. The molecule has 0 saturated heterocycles. The van der Waals surface area contributed by atoms with E-state index in [2.05, 4.69) is 15.5 Å². The van der Waals surface area contributed by atoms with Gasteiger partial charge in [0.15, 0.2) is 0 Å². The molecule has 0 radical (unpaired) electrons. The number of hydrogen-bond acceptors (Lipinski definition) is 6. The molecule has 4 rings (SSSR count). The van der Waals surface area contributed by atoms with Gasteiger partial charge in [-0.15, -0.1) is 5.10 Å². The standard InChI is InChI=1S/C27H28N4O4S/c1-18(2)31(17-21-8-6-5-7-9-21)36(33,34)23-13-11-22(12-14-23)25(32)28-27-30-29-26(35-27)24-15-10-19(3)16-20(24)4/h5-16,18H,17H2,1-4H3,(H,28,30,32). The summed E-state index contributed by atoms with van der Waals surface area (Å²) in [5.74, 6) is -0.184. The molecule has 36 heavy (non-hydrogen) atoms. The Morgan fingerprint density at radius 1 is 0.972 bits per heavy atom. The number of anilines is 1. The quantitative estimate of drug-likeness (QED) is 0.353. The Morgan fingerprint density at radius 2 is 1.67 bits per heavy atom. The summed E-state index contributed by atoms with van der Waals surface area (Å²) in [6.07, 6.45) is 0. The van der Waals surface area contributed by atoms with Crippen LogP contribution in [0.1, 0.15) is 40.9 Å². The number of carbonyl (C=O) groups excluding carboxylic acids is 1. The lowest BCUT2D eigenvalue weighted by Gasteiger charge is -2.26. The number of nitrogens with one attached hydrogen (secondary N) is 1. The molecule has 1 N–H and O–H groups in total. The second kappa shape index (κ2) is 10.4. The number of carbonyl (C=O) groups is 1. The van der Waals surface area contributed by atoms with Gasteiger partial charge < -0.3 is 4.42 Å². The Balaban J connectivity index is 1.49. The Hall–Kier alpha value is -3.82. The maximum atomic E-state index is 13.3. The van der Waals surface area contributed by atoms with Crippen LogP contribution in [0.5, 0.6) is 0 Å². The Kier molecular flexibility index (Phi) is 7.32. The van der Waals surface area contributed by atoms with Gasteiger partial charge in [0.2, 0.25) is 15.9 Å². The van der Waals surface area contributed by atoms with Crippen molar-refractivity contribution in [2.24, 2.45) is 0 Å². The number of aryl methyl sites for hydroxylation is 2. The highest BCUT2D eigenvalue weighted by molar-refractivity contribution is 7.89. The van der Waals surface area contributed by atoms with E-state index in [1.165, 1.54) is 28.6 Å². The maximum absolute atomic E-state index is 13.3. The van der Waals surface area contributed by atoms with Crippen LogP contribution in [-0.2, 0) is 16.6 Å². The van der Waals surface area contributed by atoms with E-state index in [0.717, 1.165) is 22.3 Å². The third kappa shape index (κ3) is 5.53. The molecule has 1 amide bonds. The van der Waals surface area contributed by atoms with Crippen LogP contribution >= 0.6 is 0 Å². The van der Waals surface area contributed by atoms with Crippen LogP contribution in [-0.4, -0.2) is 34.9 Å². The first-order valence-corrected chi connectivity index (χ1v) is 13.0. The number of amides is 1. The predicted octanol–water partition coefficient (Wildman–Crippen LogP) is 5.21. The van der Waals surface area contributed by atoms with Crippen molar-refractivity contribution in [1.29, 1.82) is 0 Å². The van der Waals surface area contributed by atoms with Crippen molar-refractivity contribution in [2.45, 2.75) is 45.2 Å². The summed E-state index contributed by atoms with van der Waals surface area (Å²) in [4.78, 5) is 12.8. The average molecular weight is 505 g/mol. The molecule has 3 aromatic carbocycles. The first kappa shape index (κ1) is 25.3. The molecular formula is C27H28N4O4S. The third-order valence-electron chi connectivity index (χ3n) is 5.74. The number of hydrogen-bond donors (Lipinski definition) is 1. The second-order valence-corrected chi connectivity index (χ2v) is 10.7. The fourth-order valence-electron chi connectivity index (χ4n) is 3.83. The maximum Gasteiger partial charge on any atom is 0.322 e. The van der Waals surface area contributed by atoms with Crippen molar-refractivity contribution < 1.29 is 17.6 Å². The predicted molar refractivity (Wildman–Crippen MR) is 138 cm³/mol. The molecule has 0 saturated carbocycles. The van der Waals surface area contributed by atoms with E-state index in [1.807, 2.05) is 76.2 Å². The zero-order valence-corrected chi connectivity index (χ0v) is 21.4. The zero-order valence-electron chi connectivity index (χ0n) is 20.6. The van der Waals surface area contributed by atoms with Crippen LogP contribution < -0.4 is 5.32 Å². The summed E-state index contributed by atoms with van der Waals surface area (Å²) >= 11 is 0. The molecule has 8 nitrogen and oxygen atoms in total. The lowest BCUT2D eigenvalue weighted by Crippen LogP contribution is -2.36. The van der Waals surface area contributed by atoms with Gasteiger partial charge in [-0.1, -0.05) is 53.1 Å². The minimum atomic E-state index is -3.77. The van der Waals surface area contributed by atoms with Gasteiger partial charge in [-0.3, -0.25) is 10.1 Å². The van der Waals surface area contributed by atoms with Gasteiger partial charge in [0.05, 0.1) is 4.90 Å². The molecule has 0 bridgehead atoms. The molecular weight excluding hydrogens is 476 g/mol. The molecule has 0 atom stereocenters. The Labute approximate surface area is 211 Å². The molecule has 0 aliphatic rings. The number of nitrogens with zero attached hydrogens (tertiary/aromatic N) is 3. The number of aromatic nitrogens is 2. The third-order valence-corrected chi connectivity index (χ3v) is 7.77. The highest BCUT2D eigenvalue weighted by Crippen LogP contribution is 2.25. The minimum absolute atomic E-state index is 0.0412. The molecule has 186 valence electrons. The normalized spacial score (nSPS) is 11.7. The SMILES string of the molecule is Cc1ccc(-c2nnc(NC(=O)c3ccc(S(=O)(=O)N(Cc4ccccc4)C(C)C)cc3)o2)c(C)c1.